The number of aromatic nitrogens is 4. The summed E-state index contributed by atoms with van der Waals surface area (Å²) in [6.45, 7) is 11.4. The van der Waals surface area contributed by atoms with Gasteiger partial charge in [0.15, 0.2) is 0 Å². The number of amides is 1. The summed E-state index contributed by atoms with van der Waals surface area (Å²) < 4.78 is 33.9. The molecule has 3 rings (SSSR count). The lowest BCUT2D eigenvalue weighted by Crippen LogP contribution is -2.31. The fraction of sp³-hybridized carbons (Fsp3) is 0.238. The zero-order valence-electron chi connectivity index (χ0n) is 17.8. The Balaban J connectivity index is 1.72. The molecule has 0 atom stereocenters. The maximum atomic E-state index is 12.8. The van der Waals surface area contributed by atoms with Crippen LogP contribution < -0.4 is 5.32 Å². The van der Waals surface area contributed by atoms with Gasteiger partial charge in [0, 0.05) is 30.9 Å². The number of hydrogen-bond acceptors (Lipinski definition) is 7. The third kappa shape index (κ3) is 5.01. The van der Waals surface area contributed by atoms with Gasteiger partial charge in [0.2, 0.25) is 10.0 Å². The third-order valence-corrected chi connectivity index (χ3v) is 6.27. The van der Waals surface area contributed by atoms with Crippen LogP contribution in [-0.2, 0) is 10.0 Å². The molecule has 0 saturated heterocycles. The molecule has 0 fully saturated rings. The predicted octanol–water partition coefficient (Wildman–Crippen LogP) is 3.13. The van der Waals surface area contributed by atoms with Crippen LogP contribution in [0.1, 0.15) is 30.2 Å². The average molecular weight is 457 g/mol. The summed E-state index contributed by atoms with van der Waals surface area (Å²) in [5, 5.41) is 14.5. The first kappa shape index (κ1) is 23.1. The zero-order valence-corrected chi connectivity index (χ0v) is 18.6. The molecule has 0 aliphatic heterocycles. The van der Waals surface area contributed by atoms with Crippen molar-refractivity contribution in [3.05, 3.63) is 67.4 Å². The van der Waals surface area contributed by atoms with Gasteiger partial charge in [-0.25, -0.2) is 8.42 Å². The van der Waals surface area contributed by atoms with Crippen LogP contribution in [0.25, 0.3) is 11.6 Å². The van der Waals surface area contributed by atoms with Crippen LogP contribution >= 0.6 is 0 Å². The van der Waals surface area contributed by atoms with Crippen molar-refractivity contribution in [2.24, 2.45) is 0 Å². The molecule has 1 aromatic carbocycles. The Morgan fingerprint density at radius 2 is 1.81 bits per heavy atom. The van der Waals surface area contributed by atoms with Crippen molar-refractivity contribution in [3.63, 3.8) is 0 Å². The minimum Gasteiger partial charge on any atom is -0.401 e. The highest BCUT2D eigenvalue weighted by atomic mass is 32.2. The molecule has 1 N–H and O–H groups in total. The molecular weight excluding hydrogens is 432 g/mol. The number of sulfonamides is 1. The maximum Gasteiger partial charge on any atom is 0.322 e. The smallest absolute Gasteiger partial charge is 0.322 e. The summed E-state index contributed by atoms with van der Waals surface area (Å²) in [7, 11) is -3.75. The Labute approximate surface area is 186 Å². The van der Waals surface area contributed by atoms with Gasteiger partial charge in [-0.3, -0.25) is 14.8 Å². The number of carbonyl (C=O) groups is 1. The molecule has 0 radical (unpaired) electrons. The number of benzene rings is 1. The standard InChI is InChI=1S/C21H24N6O4S/c1-5-12-26(13-6-2)32(29,30)17-9-7-16(8-10-17)19(28)22-21-24-23-20(31-21)18-11-14-27(25-18)15(3)4/h5-11,14-15H,1-2,12-13H2,3-4H3,(H,22,24,28). The first-order valence-electron chi connectivity index (χ1n) is 9.78. The monoisotopic (exact) mass is 456 g/mol. The highest BCUT2D eigenvalue weighted by Crippen LogP contribution is 2.20. The molecule has 0 aliphatic rings. The Morgan fingerprint density at radius 1 is 1.16 bits per heavy atom. The van der Waals surface area contributed by atoms with Crippen LogP contribution in [0.15, 0.2) is 71.2 Å². The van der Waals surface area contributed by atoms with E-state index in [1.54, 1.807) is 16.9 Å². The van der Waals surface area contributed by atoms with Crippen LogP contribution in [0.3, 0.4) is 0 Å². The van der Waals surface area contributed by atoms with Crippen LogP contribution in [0.5, 0.6) is 0 Å². The van der Waals surface area contributed by atoms with Gasteiger partial charge in [-0.1, -0.05) is 17.3 Å². The normalized spacial score (nSPS) is 11.6. The SMILES string of the molecule is C=CCN(CC=C)S(=O)(=O)c1ccc(C(=O)Nc2nnc(-c3ccn(C(C)C)n3)o2)cc1. The van der Waals surface area contributed by atoms with Gasteiger partial charge in [0.25, 0.3) is 11.8 Å². The Hall–Kier alpha value is -3.57. The fourth-order valence-corrected chi connectivity index (χ4v) is 4.15. The first-order chi connectivity index (χ1) is 15.3. The van der Waals surface area contributed by atoms with Gasteiger partial charge in [-0.15, -0.1) is 18.3 Å². The van der Waals surface area contributed by atoms with E-state index in [2.05, 4.69) is 33.8 Å². The number of nitrogens with zero attached hydrogens (tertiary/aromatic N) is 5. The summed E-state index contributed by atoms with van der Waals surface area (Å²) in [6, 6.07) is 7.36. The van der Waals surface area contributed by atoms with E-state index in [0.29, 0.717) is 5.69 Å². The van der Waals surface area contributed by atoms with E-state index in [1.165, 1.54) is 40.7 Å². The quantitative estimate of drug-likeness (QED) is 0.465. The molecular formula is C21H24N6O4S. The Kier molecular flexibility index (Phi) is 7.01. The van der Waals surface area contributed by atoms with Crippen molar-refractivity contribution in [2.45, 2.75) is 24.8 Å². The van der Waals surface area contributed by atoms with Gasteiger partial charge < -0.3 is 4.42 Å². The summed E-state index contributed by atoms with van der Waals surface area (Å²) in [5.74, 6) is -0.350. The second kappa shape index (κ2) is 9.71. The van der Waals surface area contributed by atoms with Crippen molar-refractivity contribution in [1.29, 1.82) is 0 Å². The molecule has 0 unspecified atom stereocenters. The fourth-order valence-electron chi connectivity index (χ4n) is 2.77. The van der Waals surface area contributed by atoms with E-state index in [9.17, 15) is 13.2 Å². The molecule has 10 nitrogen and oxygen atoms in total. The molecule has 168 valence electrons. The largest absolute Gasteiger partial charge is 0.401 e. The first-order valence-corrected chi connectivity index (χ1v) is 11.2. The molecule has 0 aliphatic carbocycles. The third-order valence-electron chi connectivity index (χ3n) is 4.42. The zero-order chi connectivity index (χ0) is 23.3. The Bertz CT molecular complexity index is 1200. The highest BCUT2D eigenvalue weighted by Gasteiger charge is 2.23. The van der Waals surface area contributed by atoms with Crippen molar-refractivity contribution in [3.8, 4) is 11.6 Å². The molecule has 2 heterocycles. The second-order valence-corrected chi connectivity index (χ2v) is 9.00. The van der Waals surface area contributed by atoms with Crippen LogP contribution in [0, 0.1) is 0 Å². The van der Waals surface area contributed by atoms with Crippen LogP contribution in [0.2, 0.25) is 0 Å². The maximum absolute atomic E-state index is 12.8. The van der Waals surface area contributed by atoms with Crippen molar-refractivity contribution in [2.75, 3.05) is 18.4 Å². The van der Waals surface area contributed by atoms with Crippen molar-refractivity contribution < 1.29 is 17.6 Å². The summed E-state index contributed by atoms with van der Waals surface area (Å²) in [6.07, 6.45) is 4.78. The van der Waals surface area contributed by atoms with E-state index >= 15 is 0 Å². The van der Waals surface area contributed by atoms with Crippen LogP contribution in [0.4, 0.5) is 6.01 Å². The lowest BCUT2D eigenvalue weighted by Gasteiger charge is -2.19. The summed E-state index contributed by atoms with van der Waals surface area (Å²) in [4.78, 5) is 12.6. The minimum atomic E-state index is -3.75. The van der Waals surface area contributed by atoms with Gasteiger partial charge in [-0.05, 0) is 44.2 Å². The van der Waals surface area contributed by atoms with Gasteiger partial charge in [0.05, 0.1) is 4.90 Å². The number of hydrogen-bond donors (Lipinski definition) is 1. The Morgan fingerprint density at radius 3 is 2.38 bits per heavy atom. The molecule has 1 amide bonds. The van der Waals surface area contributed by atoms with E-state index in [0.717, 1.165) is 0 Å². The lowest BCUT2D eigenvalue weighted by molar-refractivity contribution is 0.102. The molecule has 0 bridgehead atoms. The number of rotatable bonds is 10. The van der Waals surface area contributed by atoms with Crippen molar-refractivity contribution >= 4 is 21.9 Å². The highest BCUT2D eigenvalue weighted by molar-refractivity contribution is 7.89. The lowest BCUT2D eigenvalue weighted by atomic mass is 10.2. The molecule has 0 spiro atoms. The average Bonchev–Trinajstić information content (AvgIpc) is 3.43. The number of nitrogens with one attached hydrogen (secondary N) is 1. The van der Waals surface area contributed by atoms with E-state index < -0.39 is 15.9 Å². The molecule has 0 saturated carbocycles. The molecule has 3 aromatic rings. The second-order valence-electron chi connectivity index (χ2n) is 7.06. The minimum absolute atomic E-state index is 0.0542. The summed E-state index contributed by atoms with van der Waals surface area (Å²) in [5.41, 5.74) is 0.719. The predicted molar refractivity (Wildman–Crippen MR) is 119 cm³/mol. The van der Waals surface area contributed by atoms with E-state index in [4.69, 9.17) is 4.42 Å². The van der Waals surface area contributed by atoms with Crippen LogP contribution in [-0.4, -0.2) is 51.7 Å². The molecule has 2 aromatic heterocycles. The van der Waals surface area contributed by atoms with E-state index in [1.807, 2.05) is 13.8 Å². The van der Waals surface area contributed by atoms with E-state index in [-0.39, 0.29) is 41.5 Å². The van der Waals surface area contributed by atoms with Gasteiger partial charge in [-0.2, -0.15) is 9.40 Å². The van der Waals surface area contributed by atoms with Gasteiger partial charge in [0.1, 0.15) is 5.69 Å². The van der Waals surface area contributed by atoms with Crippen molar-refractivity contribution in [1.82, 2.24) is 24.3 Å². The molecule has 32 heavy (non-hydrogen) atoms. The number of anilines is 1. The molecule has 11 heteroatoms. The topological polar surface area (TPSA) is 123 Å². The number of carbonyl (C=O) groups excluding carboxylic acids is 1. The van der Waals surface area contributed by atoms with Gasteiger partial charge >= 0.3 is 6.01 Å². The summed E-state index contributed by atoms with van der Waals surface area (Å²) >= 11 is 0.